The Kier molecular flexibility index (Phi) is 10.4. The van der Waals surface area contributed by atoms with Crippen molar-refractivity contribution in [1.29, 1.82) is 0 Å². The van der Waals surface area contributed by atoms with Crippen LogP contribution in [0.15, 0.2) is 29.3 Å². The van der Waals surface area contributed by atoms with Gasteiger partial charge < -0.3 is 16.0 Å². The van der Waals surface area contributed by atoms with Crippen LogP contribution in [0, 0.1) is 5.92 Å². The maximum absolute atomic E-state index is 11.7. The molecule has 0 spiro atoms. The highest BCUT2D eigenvalue weighted by atomic mass is 16.1. The Hall–Kier alpha value is -2.04. The van der Waals surface area contributed by atoms with E-state index in [0.29, 0.717) is 11.5 Å². The van der Waals surface area contributed by atoms with E-state index in [-0.39, 0.29) is 5.91 Å². The molecule has 0 aromatic heterocycles. The van der Waals surface area contributed by atoms with Crippen molar-refractivity contribution in [3.8, 4) is 0 Å². The van der Waals surface area contributed by atoms with E-state index in [2.05, 4.69) is 34.8 Å². The number of nitrogens with one attached hydrogen (secondary N) is 3. The fraction of sp³-hybridized carbons (Fsp3) is 0.600. The summed E-state index contributed by atoms with van der Waals surface area (Å²) < 4.78 is 0. The average Bonchev–Trinajstić information content (AvgIpc) is 2.66. The predicted molar refractivity (Wildman–Crippen MR) is 106 cm³/mol. The Morgan fingerprint density at radius 3 is 2.68 bits per heavy atom. The third kappa shape index (κ3) is 8.05. The summed E-state index contributed by atoms with van der Waals surface area (Å²) in [6.45, 7) is 6.22. The Bertz CT molecular complexity index is 542. The van der Waals surface area contributed by atoms with Crippen molar-refractivity contribution in [3.05, 3.63) is 35.4 Å². The zero-order valence-corrected chi connectivity index (χ0v) is 16.2. The van der Waals surface area contributed by atoms with Gasteiger partial charge >= 0.3 is 0 Å². The first-order valence-corrected chi connectivity index (χ1v) is 9.40. The predicted octanol–water partition coefficient (Wildman–Crippen LogP) is 2.97. The molecule has 0 aliphatic carbocycles. The lowest BCUT2D eigenvalue weighted by atomic mass is 9.99. The smallest absolute Gasteiger partial charge is 0.251 e. The van der Waals surface area contributed by atoms with Crippen molar-refractivity contribution in [2.24, 2.45) is 10.9 Å². The number of carbonyl (C=O) groups excluding carboxylic acids is 1. The van der Waals surface area contributed by atoms with Crippen LogP contribution in [0.2, 0.25) is 0 Å². The van der Waals surface area contributed by atoms with Crippen molar-refractivity contribution in [2.75, 3.05) is 27.2 Å². The number of benzene rings is 1. The quantitative estimate of drug-likeness (QED) is 0.451. The van der Waals surface area contributed by atoms with E-state index in [1.807, 2.05) is 24.3 Å². The molecule has 0 saturated carbocycles. The van der Waals surface area contributed by atoms with Gasteiger partial charge in [-0.05, 0) is 36.5 Å². The van der Waals surface area contributed by atoms with Gasteiger partial charge in [-0.25, -0.2) is 0 Å². The number of carbonyl (C=O) groups is 1. The summed E-state index contributed by atoms with van der Waals surface area (Å²) in [6.07, 6.45) is 5.84. The van der Waals surface area contributed by atoms with Gasteiger partial charge in [-0.2, -0.15) is 0 Å². The number of nitrogens with zero attached hydrogens (tertiary/aromatic N) is 1. The second-order valence-electron chi connectivity index (χ2n) is 6.33. The minimum absolute atomic E-state index is 0.0510. The SMILES string of the molecule is CCCCC(CC)CNC(=NC)NCCc1cccc(C(=O)NC)c1. The highest BCUT2D eigenvalue weighted by Crippen LogP contribution is 2.11. The number of hydrogen-bond donors (Lipinski definition) is 3. The second-order valence-corrected chi connectivity index (χ2v) is 6.33. The Morgan fingerprint density at radius 2 is 2.04 bits per heavy atom. The molecule has 0 aliphatic heterocycles. The topological polar surface area (TPSA) is 65.5 Å². The summed E-state index contributed by atoms with van der Waals surface area (Å²) >= 11 is 0. The standard InChI is InChI=1S/C20H34N4O/c1-5-7-9-16(6-2)15-24-20(22-4)23-13-12-17-10-8-11-18(14-17)19(25)21-3/h8,10-11,14,16H,5-7,9,12-13,15H2,1-4H3,(H,21,25)(H2,22,23,24). The van der Waals surface area contributed by atoms with Crippen molar-refractivity contribution in [2.45, 2.75) is 46.0 Å². The zero-order valence-electron chi connectivity index (χ0n) is 16.2. The van der Waals surface area contributed by atoms with Gasteiger partial charge in [0.1, 0.15) is 0 Å². The van der Waals surface area contributed by atoms with Gasteiger partial charge in [0.2, 0.25) is 0 Å². The number of guanidine groups is 1. The Balaban J connectivity index is 2.41. The molecule has 25 heavy (non-hydrogen) atoms. The van der Waals surface area contributed by atoms with Crippen LogP contribution >= 0.6 is 0 Å². The molecule has 5 heteroatoms. The molecule has 140 valence electrons. The molecule has 1 aromatic carbocycles. The normalized spacial score (nSPS) is 12.6. The van der Waals surface area contributed by atoms with Crippen LogP contribution in [0.4, 0.5) is 0 Å². The molecule has 1 aromatic rings. The molecule has 3 N–H and O–H groups in total. The van der Waals surface area contributed by atoms with E-state index in [1.165, 1.54) is 25.7 Å². The minimum Gasteiger partial charge on any atom is -0.356 e. The molecular formula is C20H34N4O. The van der Waals surface area contributed by atoms with E-state index in [1.54, 1.807) is 14.1 Å². The van der Waals surface area contributed by atoms with Crippen LogP contribution in [0.1, 0.15) is 55.5 Å². The largest absolute Gasteiger partial charge is 0.356 e. The molecule has 0 heterocycles. The number of aliphatic imine (C=N–C) groups is 1. The first-order chi connectivity index (χ1) is 12.1. The lowest BCUT2D eigenvalue weighted by Gasteiger charge is -2.18. The third-order valence-corrected chi connectivity index (χ3v) is 4.45. The van der Waals surface area contributed by atoms with Gasteiger partial charge in [0.05, 0.1) is 0 Å². The fourth-order valence-corrected chi connectivity index (χ4v) is 2.74. The van der Waals surface area contributed by atoms with E-state index in [9.17, 15) is 4.79 Å². The molecule has 1 amide bonds. The number of hydrogen-bond acceptors (Lipinski definition) is 2. The molecule has 0 fully saturated rings. The van der Waals surface area contributed by atoms with Crippen LogP contribution < -0.4 is 16.0 Å². The van der Waals surface area contributed by atoms with Crippen molar-refractivity contribution in [1.82, 2.24) is 16.0 Å². The Labute approximate surface area is 152 Å². The van der Waals surface area contributed by atoms with Gasteiger partial charge in [0.15, 0.2) is 5.96 Å². The molecule has 5 nitrogen and oxygen atoms in total. The zero-order chi connectivity index (χ0) is 18.5. The summed E-state index contributed by atoms with van der Waals surface area (Å²) in [5, 5.41) is 9.44. The van der Waals surface area contributed by atoms with Crippen LogP contribution in [0.3, 0.4) is 0 Å². The molecule has 0 saturated heterocycles. The first-order valence-electron chi connectivity index (χ1n) is 9.40. The highest BCUT2D eigenvalue weighted by Gasteiger charge is 2.07. The lowest BCUT2D eigenvalue weighted by Crippen LogP contribution is -2.40. The molecule has 1 unspecified atom stereocenters. The van der Waals surface area contributed by atoms with Crippen LogP contribution in [0.5, 0.6) is 0 Å². The summed E-state index contributed by atoms with van der Waals surface area (Å²) in [7, 11) is 3.45. The van der Waals surface area contributed by atoms with Gasteiger partial charge in [0.25, 0.3) is 5.91 Å². The molecular weight excluding hydrogens is 312 g/mol. The Morgan fingerprint density at radius 1 is 1.24 bits per heavy atom. The van der Waals surface area contributed by atoms with Crippen molar-refractivity contribution >= 4 is 11.9 Å². The average molecular weight is 347 g/mol. The minimum atomic E-state index is -0.0510. The van der Waals surface area contributed by atoms with Crippen molar-refractivity contribution in [3.63, 3.8) is 0 Å². The molecule has 0 aliphatic rings. The van der Waals surface area contributed by atoms with E-state index < -0.39 is 0 Å². The highest BCUT2D eigenvalue weighted by molar-refractivity contribution is 5.94. The van der Waals surface area contributed by atoms with Gasteiger partial charge in [0, 0.05) is 32.7 Å². The van der Waals surface area contributed by atoms with Crippen LogP contribution in [-0.4, -0.2) is 39.1 Å². The first kappa shape index (κ1) is 21.0. The van der Waals surface area contributed by atoms with E-state index in [0.717, 1.165) is 31.0 Å². The van der Waals surface area contributed by atoms with E-state index in [4.69, 9.17) is 0 Å². The van der Waals surface area contributed by atoms with Crippen LogP contribution in [0.25, 0.3) is 0 Å². The maximum atomic E-state index is 11.7. The summed E-state index contributed by atoms with van der Waals surface area (Å²) in [4.78, 5) is 16.0. The van der Waals surface area contributed by atoms with Gasteiger partial charge in [-0.1, -0.05) is 45.2 Å². The molecule has 1 atom stereocenters. The lowest BCUT2D eigenvalue weighted by molar-refractivity contribution is 0.0963. The molecule has 1 rings (SSSR count). The van der Waals surface area contributed by atoms with E-state index >= 15 is 0 Å². The summed E-state index contributed by atoms with van der Waals surface area (Å²) in [6, 6.07) is 7.74. The van der Waals surface area contributed by atoms with Crippen molar-refractivity contribution < 1.29 is 4.79 Å². The van der Waals surface area contributed by atoms with Gasteiger partial charge in [-0.3, -0.25) is 9.79 Å². The number of rotatable bonds is 10. The number of amides is 1. The summed E-state index contributed by atoms with van der Waals surface area (Å²) in [5.41, 5.74) is 1.84. The summed E-state index contributed by atoms with van der Waals surface area (Å²) in [5.74, 6) is 1.49. The third-order valence-electron chi connectivity index (χ3n) is 4.45. The monoisotopic (exact) mass is 346 g/mol. The fourth-order valence-electron chi connectivity index (χ4n) is 2.74. The second kappa shape index (κ2) is 12.3. The number of unbranched alkanes of at least 4 members (excludes halogenated alkanes) is 1. The molecule has 0 radical (unpaired) electrons. The molecule has 0 bridgehead atoms. The van der Waals surface area contributed by atoms with Gasteiger partial charge in [-0.15, -0.1) is 0 Å². The van der Waals surface area contributed by atoms with Crippen LogP contribution in [-0.2, 0) is 6.42 Å². The maximum Gasteiger partial charge on any atom is 0.251 e.